The molecule has 0 saturated carbocycles. The average molecular weight is 219 g/mol. The fourth-order valence-electron chi connectivity index (χ4n) is 0.663. The maximum Gasteiger partial charge on any atom is 0.278 e. The van der Waals surface area contributed by atoms with Gasteiger partial charge >= 0.3 is 0 Å². The molecule has 0 spiro atoms. The van der Waals surface area contributed by atoms with Gasteiger partial charge in [-0.15, -0.1) is 0 Å². The SMILES string of the molecule is CC(=NO[Si](C)(C)C)O[Si](C)(C)C. The van der Waals surface area contributed by atoms with Crippen molar-refractivity contribution in [3.63, 3.8) is 0 Å². The molecule has 0 N–H and O–H groups in total. The van der Waals surface area contributed by atoms with E-state index in [9.17, 15) is 0 Å². The first kappa shape index (κ1) is 12.7. The Morgan fingerprint density at radius 1 is 0.923 bits per heavy atom. The van der Waals surface area contributed by atoms with E-state index in [4.69, 9.17) is 8.95 Å². The van der Waals surface area contributed by atoms with Crippen molar-refractivity contribution in [2.45, 2.75) is 46.2 Å². The zero-order chi connectivity index (χ0) is 10.7. The number of rotatable bonds is 3. The quantitative estimate of drug-likeness (QED) is 0.316. The highest BCUT2D eigenvalue weighted by atomic mass is 28.4. The highest BCUT2D eigenvalue weighted by Gasteiger charge is 2.19. The van der Waals surface area contributed by atoms with E-state index >= 15 is 0 Å². The van der Waals surface area contributed by atoms with E-state index in [1.807, 2.05) is 6.92 Å². The van der Waals surface area contributed by atoms with Crippen molar-refractivity contribution >= 4 is 22.5 Å². The van der Waals surface area contributed by atoms with Crippen molar-refractivity contribution in [3.05, 3.63) is 0 Å². The number of nitrogens with zero attached hydrogens (tertiary/aromatic N) is 1. The van der Waals surface area contributed by atoms with Crippen LogP contribution in [0.5, 0.6) is 0 Å². The molecule has 0 aliphatic carbocycles. The Labute approximate surface area is 83.4 Å². The van der Waals surface area contributed by atoms with Crippen molar-refractivity contribution in [2.24, 2.45) is 5.16 Å². The van der Waals surface area contributed by atoms with Crippen LogP contribution < -0.4 is 0 Å². The highest BCUT2D eigenvalue weighted by Crippen LogP contribution is 2.06. The topological polar surface area (TPSA) is 30.8 Å². The molecule has 0 unspecified atom stereocenters. The van der Waals surface area contributed by atoms with Gasteiger partial charge < -0.3 is 8.95 Å². The van der Waals surface area contributed by atoms with Crippen molar-refractivity contribution < 1.29 is 8.95 Å². The lowest BCUT2D eigenvalue weighted by molar-refractivity contribution is 0.318. The van der Waals surface area contributed by atoms with E-state index < -0.39 is 16.6 Å². The third kappa shape index (κ3) is 9.62. The second-order valence-corrected chi connectivity index (χ2v) is 13.9. The summed E-state index contributed by atoms with van der Waals surface area (Å²) in [7, 11) is -3.06. The summed E-state index contributed by atoms with van der Waals surface area (Å²) >= 11 is 0. The first-order valence-electron chi connectivity index (χ1n) is 4.52. The Morgan fingerprint density at radius 3 is 1.69 bits per heavy atom. The van der Waals surface area contributed by atoms with Gasteiger partial charge in [-0.05, 0) is 39.3 Å². The van der Waals surface area contributed by atoms with Crippen LogP contribution in [-0.2, 0) is 8.95 Å². The van der Waals surface area contributed by atoms with Crippen LogP contribution >= 0.6 is 0 Å². The van der Waals surface area contributed by atoms with Gasteiger partial charge in [0.1, 0.15) is 0 Å². The normalized spacial score (nSPS) is 14.2. The van der Waals surface area contributed by atoms with Gasteiger partial charge in [0.25, 0.3) is 8.32 Å². The first-order valence-corrected chi connectivity index (χ1v) is 11.3. The number of oxime groups is 1. The van der Waals surface area contributed by atoms with Gasteiger partial charge in [0.15, 0.2) is 0 Å². The molecule has 0 saturated heterocycles. The summed E-state index contributed by atoms with van der Waals surface area (Å²) in [6, 6.07) is 0. The van der Waals surface area contributed by atoms with Gasteiger partial charge in [-0.2, -0.15) is 0 Å². The van der Waals surface area contributed by atoms with E-state index in [-0.39, 0.29) is 0 Å². The van der Waals surface area contributed by atoms with Crippen LogP contribution in [0.15, 0.2) is 5.16 Å². The number of hydrogen-bond donors (Lipinski definition) is 0. The molecule has 0 amide bonds. The lowest BCUT2D eigenvalue weighted by Gasteiger charge is -2.19. The van der Waals surface area contributed by atoms with E-state index in [2.05, 4.69) is 44.4 Å². The molecule has 0 aliphatic heterocycles. The molecule has 3 nitrogen and oxygen atoms in total. The van der Waals surface area contributed by atoms with Crippen LogP contribution in [0.4, 0.5) is 0 Å². The minimum Gasteiger partial charge on any atom is -0.533 e. The molecule has 0 bridgehead atoms. The summed E-state index contributed by atoms with van der Waals surface area (Å²) in [6.07, 6.45) is 0. The minimum atomic E-state index is -1.55. The summed E-state index contributed by atoms with van der Waals surface area (Å²) in [5.41, 5.74) is 0. The van der Waals surface area contributed by atoms with Crippen LogP contribution in [-0.4, -0.2) is 22.5 Å². The molecule has 0 aliphatic rings. The molecule has 0 aromatic rings. The maximum atomic E-state index is 5.62. The van der Waals surface area contributed by atoms with E-state index in [0.29, 0.717) is 5.90 Å². The van der Waals surface area contributed by atoms with Crippen molar-refractivity contribution in [1.29, 1.82) is 0 Å². The third-order valence-corrected chi connectivity index (χ3v) is 2.45. The lowest BCUT2D eigenvalue weighted by Crippen LogP contribution is -2.29. The molecule has 0 aromatic carbocycles. The molecule has 0 fully saturated rings. The summed E-state index contributed by atoms with van der Waals surface area (Å²) < 4.78 is 11.0. The average Bonchev–Trinajstić information content (AvgIpc) is 1.78. The van der Waals surface area contributed by atoms with Gasteiger partial charge in [0, 0.05) is 6.92 Å². The molecule has 78 valence electrons. The third-order valence-electron chi connectivity index (χ3n) is 0.902. The fourth-order valence-corrected chi connectivity index (χ4v) is 1.99. The van der Waals surface area contributed by atoms with E-state index in [1.54, 1.807) is 0 Å². The summed E-state index contributed by atoms with van der Waals surface area (Å²) in [4.78, 5) is 0. The second-order valence-electron chi connectivity index (χ2n) is 5.03. The van der Waals surface area contributed by atoms with Crippen LogP contribution in [0.25, 0.3) is 0 Å². The predicted molar refractivity (Wildman–Crippen MR) is 62.0 cm³/mol. The molecule has 0 atom stereocenters. The van der Waals surface area contributed by atoms with Crippen molar-refractivity contribution in [1.82, 2.24) is 0 Å². The summed E-state index contributed by atoms with van der Waals surface area (Å²) in [6.45, 7) is 14.5. The Kier molecular flexibility index (Phi) is 4.18. The van der Waals surface area contributed by atoms with Gasteiger partial charge in [-0.1, -0.05) is 5.16 Å². The van der Waals surface area contributed by atoms with E-state index in [1.165, 1.54) is 0 Å². The van der Waals surface area contributed by atoms with Gasteiger partial charge in [0.2, 0.25) is 14.2 Å². The first-order chi connectivity index (χ1) is 5.60. The molecular weight excluding hydrogens is 198 g/mol. The molecule has 0 aromatic heterocycles. The Balaban J connectivity index is 4.05. The van der Waals surface area contributed by atoms with Crippen LogP contribution in [0.2, 0.25) is 39.3 Å². The zero-order valence-electron chi connectivity index (χ0n) is 9.76. The smallest absolute Gasteiger partial charge is 0.278 e. The largest absolute Gasteiger partial charge is 0.533 e. The van der Waals surface area contributed by atoms with E-state index in [0.717, 1.165) is 0 Å². The van der Waals surface area contributed by atoms with Crippen LogP contribution in [0, 0.1) is 0 Å². The predicted octanol–water partition coefficient (Wildman–Crippen LogP) is 3.02. The maximum absolute atomic E-state index is 5.62. The van der Waals surface area contributed by atoms with Gasteiger partial charge in [-0.25, -0.2) is 0 Å². The zero-order valence-corrected chi connectivity index (χ0v) is 11.8. The molecule has 0 radical (unpaired) electrons. The van der Waals surface area contributed by atoms with Crippen LogP contribution in [0.3, 0.4) is 0 Å². The van der Waals surface area contributed by atoms with Gasteiger partial charge in [0.05, 0.1) is 0 Å². The Bertz CT molecular complexity index is 191. The lowest BCUT2D eigenvalue weighted by atomic mass is 10.8. The fraction of sp³-hybridized carbons (Fsp3) is 0.875. The van der Waals surface area contributed by atoms with Crippen molar-refractivity contribution in [3.8, 4) is 0 Å². The standard InChI is InChI=1S/C8H21NO2Si2/c1-8(10-12(2,3)4)9-11-13(5,6)7/h1-7H3. The second kappa shape index (κ2) is 4.28. The van der Waals surface area contributed by atoms with Gasteiger partial charge in [-0.3, -0.25) is 0 Å². The minimum absolute atomic E-state index is 0.654. The number of hydrogen-bond acceptors (Lipinski definition) is 3. The highest BCUT2D eigenvalue weighted by molar-refractivity contribution is 6.71. The molecular formula is C8H21NO2Si2. The molecule has 13 heavy (non-hydrogen) atoms. The molecule has 0 rings (SSSR count). The molecule has 5 heteroatoms. The monoisotopic (exact) mass is 219 g/mol. The molecule has 0 heterocycles. The Morgan fingerprint density at radius 2 is 1.38 bits per heavy atom. The Hall–Kier alpha value is -0.296. The van der Waals surface area contributed by atoms with Crippen molar-refractivity contribution in [2.75, 3.05) is 0 Å². The summed E-state index contributed by atoms with van der Waals surface area (Å²) in [5.74, 6) is 0.654. The summed E-state index contributed by atoms with van der Waals surface area (Å²) in [5, 5.41) is 3.97. The van der Waals surface area contributed by atoms with Crippen LogP contribution in [0.1, 0.15) is 6.92 Å².